The minimum Gasteiger partial charge on any atom is -0.389 e. The third kappa shape index (κ3) is 5.11. The van der Waals surface area contributed by atoms with Crippen LogP contribution in [0.1, 0.15) is 31.7 Å². The number of halogens is 1. The second-order valence-electron chi connectivity index (χ2n) is 9.76. The van der Waals surface area contributed by atoms with Crippen molar-refractivity contribution in [1.82, 2.24) is 14.5 Å². The highest BCUT2D eigenvalue weighted by Gasteiger charge is 2.42. The average molecular weight is 516 g/mol. The Morgan fingerprint density at radius 1 is 1.22 bits per heavy atom. The van der Waals surface area contributed by atoms with Gasteiger partial charge in [0.05, 0.1) is 17.2 Å². The lowest BCUT2D eigenvalue weighted by Crippen LogP contribution is -2.46. The highest BCUT2D eigenvalue weighted by atomic mass is 32.2. The fourth-order valence-electron chi connectivity index (χ4n) is 4.30. The number of benzene rings is 2. The van der Waals surface area contributed by atoms with Crippen LogP contribution in [-0.4, -0.2) is 64.5 Å². The number of sulfone groups is 1. The predicted molar refractivity (Wildman–Crippen MR) is 136 cm³/mol. The van der Waals surface area contributed by atoms with Gasteiger partial charge < -0.3 is 5.11 Å². The van der Waals surface area contributed by atoms with Crippen molar-refractivity contribution >= 4 is 26.5 Å². The van der Waals surface area contributed by atoms with Crippen LogP contribution in [0.4, 0.5) is 4.39 Å². The maximum absolute atomic E-state index is 14.8. The Morgan fingerprint density at radius 3 is 2.50 bits per heavy atom. The molecule has 2 aromatic carbocycles. The summed E-state index contributed by atoms with van der Waals surface area (Å²) in [6.07, 6.45) is 4.36. The number of fused-ring (bicyclic) bond motifs is 1. The van der Waals surface area contributed by atoms with E-state index in [0.717, 1.165) is 19.1 Å². The molecule has 4 rings (SSSR count). The van der Waals surface area contributed by atoms with Crippen LogP contribution in [0.15, 0.2) is 47.5 Å². The molecule has 192 valence electrons. The lowest BCUT2D eigenvalue weighted by atomic mass is 10.0. The van der Waals surface area contributed by atoms with Gasteiger partial charge in [0.2, 0.25) is 0 Å². The first-order chi connectivity index (χ1) is 16.9. The summed E-state index contributed by atoms with van der Waals surface area (Å²) in [7, 11) is -1.83. The van der Waals surface area contributed by atoms with Crippen LogP contribution >= 0.6 is 0 Å². The Bertz CT molecular complexity index is 1480. The van der Waals surface area contributed by atoms with E-state index in [0.29, 0.717) is 40.2 Å². The first kappa shape index (κ1) is 26.1. The minimum atomic E-state index is -3.83. The van der Waals surface area contributed by atoms with E-state index < -0.39 is 27.0 Å². The number of carbonyl (C=O) groups excluding carboxylic acids is 1. The molecule has 0 aliphatic heterocycles. The lowest BCUT2D eigenvalue weighted by Gasteiger charge is -2.25. The first-order valence-electron chi connectivity index (χ1n) is 11.8. The highest BCUT2D eigenvalue weighted by molar-refractivity contribution is 7.92. The summed E-state index contributed by atoms with van der Waals surface area (Å²) < 4.78 is 38.6. The molecule has 0 bridgehead atoms. The number of ketones is 1. The van der Waals surface area contributed by atoms with Gasteiger partial charge in [-0.2, -0.15) is 0 Å². The van der Waals surface area contributed by atoms with Crippen LogP contribution in [0.5, 0.6) is 0 Å². The Kier molecular flexibility index (Phi) is 7.14. The van der Waals surface area contributed by atoms with Gasteiger partial charge in [-0.3, -0.25) is 19.1 Å². The molecule has 10 heteroatoms. The predicted octanol–water partition coefficient (Wildman–Crippen LogP) is 2.55. The Labute approximate surface area is 209 Å². The summed E-state index contributed by atoms with van der Waals surface area (Å²) in [4.78, 5) is 31.7. The van der Waals surface area contributed by atoms with Crippen molar-refractivity contribution in [3.05, 3.63) is 64.5 Å². The van der Waals surface area contributed by atoms with E-state index in [1.54, 1.807) is 24.3 Å². The Hall–Kier alpha value is -2.95. The van der Waals surface area contributed by atoms with Gasteiger partial charge in [0.25, 0.3) is 5.56 Å². The van der Waals surface area contributed by atoms with Crippen LogP contribution < -0.4 is 5.56 Å². The van der Waals surface area contributed by atoms with E-state index >= 15 is 0 Å². The van der Waals surface area contributed by atoms with Crippen molar-refractivity contribution in [3.8, 4) is 11.1 Å². The first-order valence-corrected chi connectivity index (χ1v) is 13.7. The molecule has 1 saturated carbocycles. The number of hydrogen-bond donors (Lipinski definition) is 1. The molecule has 8 nitrogen and oxygen atoms in total. The molecule has 0 amide bonds. The van der Waals surface area contributed by atoms with Crippen molar-refractivity contribution in [2.45, 2.75) is 50.1 Å². The van der Waals surface area contributed by atoms with E-state index in [1.807, 2.05) is 13.1 Å². The summed E-state index contributed by atoms with van der Waals surface area (Å²) in [6, 6.07) is 10.7. The van der Waals surface area contributed by atoms with Gasteiger partial charge in [0, 0.05) is 31.0 Å². The fraction of sp³-hybridized carbons (Fsp3) is 0.423. The van der Waals surface area contributed by atoms with Crippen LogP contribution in [-0.2, 0) is 27.7 Å². The molecule has 1 atom stereocenters. The minimum absolute atomic E-state index is 0.0686. The zero-order valence-corrected chi connectivity index (χ0v) is 21.4. The van der Waals surface area contributed by atoms with Crippen molar-refractivity contribution in [2.75, 3.05) is 19.9 Å². The zero-order valence-electron chi connectivity index (χ0n) is 20.6. The number of aliphatic hydroxyl groups excluding tert-OH is 1. The van der Waals surface area contributed by atoms with E-state index in [4.69, 9.17) is 0 Å². The summed E-state index contributed by atoms with van der Waals surface area (Å²) in [6.45, 7) is 0.829. The second-order valence-corrected chi connectivity index (χ2v) is 12.2. The molecule has 1 aliphatic carbocycles. The van der Waals surface area contributed by atoms with Gasteiger partial charge in [-0.15, -0.1) is 0 Å². The maximum Gasteiger partial charge on any atom is 0.261 e. The molecule has 0 radical (unpaired) electrons. The third-order valence-corrected chi connectivity index (χ3v) is 9.25. The highest BCUT2D eigenvalue weighted by Crippen LogP contribution is 2.29. The molecule has 1 aromatic heterocycles. The number of aliphatic hydroxyl groups is 1. The quantitative estimate of drug-likeness (QED) is 0.442. The standard InChI is InChI=1S/C26H30FN3O5S/c1-26(24(32)15-31,36(3,34)35)10-11-30-16-28-23-13-18(6-9-21(23)25(30)33)17-4-5-19(22(27)12-17)14-29(2)20-7-8-20/h4-6,9,12-13,16,20,31H,7-8,10-11,14-15H2,1-3H3/t26-/m1/s1. The SMILES string of the molecule is CN(Cc1ccc(-c2ccc3c(=O)n(CC[C@](C)(C(=O)CO)S(C)(=O)=O)cnc3c2)cc1F)C1CC1. The maximum atomic E-state index is 14.8. The number of rotatable bonds is 10. The van der Waals surface area contributed by atoms with Gasteiger partial charge in [-0.05, 0) is 62.6 Å². The topological polar surface area (TPSA) is 110 Å². The molecule has 0 saturated heterocycles. The number of aromatic nitrogens is 2. The molecule has 1 N–H and O–H groups in total. The van der Waals surface area contributed by atoms with Crippen LogP contribution in [0, 0.1) is 5.82 Å². The number of hydrogen-bond acceptors (Lipinski definition) is 7. The third-order valence-electron chi connectivity index (χ3n) is 7.18. The van der Waals surface area contributed by atoms with Crippen molar-refractivity contribution < 1.29 is 22.7 Å². The van der Waals surface area contributed by atoms with E-state index in [2.05, 4.69) is 9.88 Å². The molecule has 1 fully saturated rings. The Morgan fingerprint density at radius 2 is 1.89 bits per heavy atom. The summed E-state index contributed by atoms with van der Waals surface area (Å²) in [5, 5.41) is 9.54. The molecular formula is C26H30FN3O5S. The van der Waals surface area contributed by atoms with Crippen LogP contribution in [0.2, 0.25) is 0 Å². The number of aryl methyl sites for hydroxylation is 1. The lowest BCUT2D eigenvalue weighted by molar-refractivity contribution is -0.124. The summed E-state index contributed by atoms with van der Waals surface area (Å²) in [5.74, 6) is -1.11. The number of nitrogens with zero attached hydrogens (tertiary/aromatic N) is 3. The van der Waals surface area contributed by atoms with Gasteiger partial charge in [0.1, 0.15) is 17.2 Å². The number of Topliss-reactive ketones (excluding diaryl/α,β-unsaturated/α-hetero) is 1. The van der Waals surface area contributed by atoms with Crippen molar-refractivity contribution in [1.29, 1.82) is 0 Å². The smallest absolute Gasteiger partial charge is 0.261 e. The van der Waals surface area contributed by atoms with E-state index in [-0.39, 0.29) is 24.3 Å². The van der Waals surface area contributed by atoms with Crippen LogP contribution in [0.25, 0.3) is 22.0 Å². The number of carbonyl (C=O) groups is 1. The van der Waals surface area contributed by atoms with Crippen molar-refractivity contribution in [3.63, 3.8) is 0 Å². The Balaban J connectivity index is 1.58. The molecular weight excluding hydrogens is 485 g/mol. The summed E-state index contributed by atoms with van der Waals surface area (Å²) in [5.41, 5.74) is 2.05. The largest absolute Gasteiger partial charge is 0.389 e. The monoisotopic (exact) mass is 515 g/mol. The van der Waals surface area contributed by atoms with Gasteiger partial charge in [-0.25, -0.2) is 17.8 Å². The normalized spacial score (nSPS) is 15.8. The molecule has 1 aliphatic rings. The zero-order chi connectivity index (χ0) is 26.3. The van der Waals surface area contributed by atoms with Gasteiger partial charge >= 0.3 is 0 Å². The summed E-state index contributed by atoms with van der Waals surface area (Å²) >= 11 is 0. The van der Waals surface area contributed by atoms with E-state index in [1.165, 1.54) is 23.9 Å². The second kappa shape index (κ2) is 9.84. The van der Waals surface area contributed by atoms with Crippen molar-refractivity contribution in [2.24, 2.45) is 0 Å². The molecule has 1 heterocycles. The average Bonchev–Trinajstić information content (AvgIpc) is 3.69. The van der Waals surface area contributed by atoms with Gasteiger partial charge in [0.15, 0.2) is 15.6 Å². The van der Waals surface area contributed by atoms with Gasteiger partial charge in [-0.1, -0.05) is 18.2 Å². The van der Waals surface area contributed by atoms with Crippen LogP contribution in [0.3, 0.4) is 0 Å². The molecule has 0 unspecified atom stereocenters. The molecule has 36 heavy (non-hydrogen) atoms. The van der Waals surface area contributed by atoms with E-state index in [9.17, 15) is 27.5 Å². The molecule has 0 spiro atoms. The fourth-order valence-corrected chi connectivity index (χ4v) is 5.24. The molecule has 3 aromatic rings.